The van der Waals surface area contributed by atoms with E-state index < -0.39 is 15.9 Å². The van der Waals surface area contributed by atoms with Crippen molar-refractivity contribution in [3.05, 3.63) is 59.7 Å². The molecule has 0 aliphatic carbocycles. The normalized spacial score (nSPS) is 11.5. The highest BCUT2D eigenvalue weighted by Crippen LogP contribution is 2.23. The highest BCUT2D eigenvalue weighted by Gasteiger charge is 2.16. The second kappa shape index (κ2) is 7.59. The number of hydrogen-bond acceptors (Lipinski definition) is 3. The van der Waals surface area contributed by atoms with Gasteiger partial charge in [-0.1, -0.05) is 44.2 Å². The Kier molecular flexibility index (Phi) is 5.75. The molecule has 0 aliphatic rings. The van der Waals surface area contributed by atoms with Gasteiger partial charge in [0.1, 0.15) is 0 Å². The molecule has 0 heterocycles. The van der Waals surface area contributed by atoms with E-state index in [0.29, 0.717) is 5.69 Å². The van der Waals surface area contributed by atoms with Crippen LogP contribution < -0.4 is 10.0 Å². The standard InChI is InChI=1S/C18H22N2O3S/c1-13(2)16-9-4-5-10-17(16)20-18(21)12-19-24(22,23)15-8-6-7-14(3)11-15/h4-11,13,19H,12H2,1-3H3,(H,20,21). The number of carbonyl (C=O) groups excluding carboxylic acids is 1. The number of benzene rings is 2. The van der Waals surface area contributed by atoms with E-state index in [-0.39, 0.29) is 17.4 Å². The first-order valence-corrected chi connectivity index (χ1v) is 9.23. The summed E-state index contributed by atoms with van der Waals surface area (Å²) in [6.45, 7) is 5.56. The first-order valence-electron chi connectivity index (χ1n) is 7.74. The maximum Gasteiger partial charge on any atom is 0.241 e. The van der Waals surface area contributed by atoms with E-state index >= 15 is 0 Å². The molecule has 0 aromatic heterocycles. The predicted molar refractivity (Wildman–Crippen MR) is 95.5 cm³/mol. The lowest BCUT2D eigenvalue weighted by Gasteiger charge is -2.14. The summed E-state index contributed by atoms with van der Waals surface area (Å²) in [5.74, 6) is -0.148. The molecule has 2 aromatic carbocycles. The average molecular weight is 346 g/mol. The van der Waals surface area contributed by atoms with Gasteiger partial charge in [0.2, 0.25) is 15.9 Å². The van der Waals surface area contributed by atoms with Crippen molar-refractivity contribution >= 4 is 21.6 Å². The van der Waals surface area contributed by atoms with E-state index in [1.165, 1.54) is 6.07 Å². The SMILES string of the molecule is Cc1cccc(S(=O)(=O)NCC(=O)Nc2ccccc2C(C)C)c1. The molecule has 0 saturated carbocycles. The molecule has 2 N–H and O–H groups in total. The van der Waals surface area contributed by atoms with Gasteiger partial charge in [-0.15, -0.1) is 0 Å². The van der Waals surface area contributed by atoms with Gasteiger partial charge in [-0.05, 0) is 42.2 Å². The van der Waals surface area contributed by atoms with Crippen molar-refractivity contribution in [3.8, 4) is 0 Å². The molecule has 128 valence electrons. The first-order chi connectivity index (χ1) is 11.3. The molecule has 0 radical (unpaired) electrons. The van der Waals surface area contributed by atoms with Gasteiger partial charge < -0.3 is 5.32 Å². The Morgan fingerprint density at radius 2 is 1.79 bits per heavy atom. The largest absolute Gasteiger partial charge is 0.325 e. The maximum absolute atomic E-state index is 12.2. The second-order valence-corrected chi connectivity index (χ2v) is 7.70. The molecule has 0 atom stereocenters. The van der Waals surface area contributed by atoms with Crippen molar-refractivity contribution < 1.29 is 13.2 Å². The summed E-state index contributed by atoms with van der Waals surface area (Å²) < 4.78 is 26.8. The molecular weight excluding hydrogens is 324 g/mol. The highest BCUT2D eigenvalue weighted by molar-refractivity contribution is 7.89. The van der Waals surface area contributed by atoms with Crippen LogP contribution in [0.15, 0.2) is 53.4 Å². The van der Waals surface area contributed by atoms with Gasteiger partial charge in [-0.2, -0.15) is 0 Å². The van der Waals surface area contributed by atoms with Crippen molar-refractivity contribution in [2.75, 3.05) is 11.9 Å². The van der Waals surface area contributed by atoms with Gasteiger partial charge in [0.15, 0.2) is 0 Å². The average Bonchev–Trinajstić information content (AvgIpc) is 2.53. The van der Waals surface area contributed by atoms with Crippen molar-refractivity contribution in [2.24, 2.45) is 0 Å². The zero-order chi connectivity index (χ0) is 17.7. The third-order valence-corrected chi connectivity index (χ3v) is 4.98. The summed E-state index contributed by atoms with van der Waals surface area (Å²) in [5, 5.41) is 2.76. The fraction of sp³-hybridized carbons (Fsp3) is 0.278. The van der Waals surface area contributed by atoms with Gasteiger partial charge in [-0.25, -0.2) is 13.1 Å². The molecule has 5 nitrogen and oxygen atoms in total. The summed E-state index contributed by atoms with van der Waals surface area (Å²) in [6, 6.07) is 14.0. The lowest BCUT2D eigenvalue weighted by atomic mass is 10.0. The number of carbonyl (C=O) groups is 1. The second-order valence-electron chi connectivity index (χ2n) is 5.93. The van der Waals surface area contributed by atoms with Crippen molar-refractivity contribution in [1.29, 1.82) is 0 Å². The van der Waals surface area contributed by atoms with E-state index in [1.54, 1.807) is 12.1 Å². The van der Waals surface area contributed by atoms with Gasteiger partial charge in [-0.3, -0.25) is 4.79 Å². The lowest BCUT2D eigenvalue weighted by molar-refractivity contribution is -0.115. The summed E-state index contributed by atoms with van der Waals surface area (Å²) in [6.07, 6.45) is 0. The minimum absolute atomic E-state index is 0.151. The van der Waals surface area contributed by atoms with Crippen molar-refractivity contribution in [1.82, 2.24) is 4.72 Å². The molecule has 0 unspecified atom stereocenters. The molecule has 0 fully saturated rings. The van der Waals surface area contributed by atoms with E-state index in [0.717, 1.165) is 11.1 Å². The van der Waals surface area contributed by atoms with Gasteiger partial charge in [0.25, 0.3) is 0 Å². The summed E-state index contributed by atoms with van der Waals surface area (Å²) in [5.41, 5.74) is 2.55. The molecule has 0 aliphatic heterocycles. The topological polar surface area (TPSA) is 75.3 Å². The van der Waals surface area contributed by atoms with Crippen LogP contribution in [0.25, 0.3) is 0 Å². The Morgan fingerprint density at radius 3 is 2.46 bits per heavy atom. The number of hydrogen-bond donors (Lipinski definition) is 2. The zero-order valence-corrected chi connectivity index (χ0v) is 14.9. The minimum atomic E-state index is -3.71. The van der Waals surface area contributed by atoms with Crippen LogP contribution in [-0.4, -0.2) is 20.9 Å². The van der Waals surface area contributed by atoms with Crippen LogP contribution in [0.4, 0.5) is 5.69 Å². The molecule has 0 saturated heterocycles. The molecule has 2 aromatic rings. The van der Waals surface area contributed by atoms with Gasteiger partial charge in [0, 0.05) is 5.69 Å². The zero-order valence-electron chi connectivity index (χ0n) is 14.0. The summed E-state index contributed by atoms with van der Waals surface area (Å²) >= 11 is 0. The quantitative estimate of drug-likeness (QED) is 0.844. The number of sulfonamides is 1. The number of anilines is 1. The van der Waals surface area contributed by atoms with Crippen molar-refractivity contribution in [2.45, 2.75) is 31.6 Å². The smallest absolute Gasteiger partial charge is 0.241 e. The number of para-hydroxylation sites is 1. The Bertz CT molecular complexity index is 830. The maximum atomic E-state index is 12.2. The Labute approximate surface area is 143 Å². The van der Waals surface area contributed by atoms with Crippen LogP contribution >= 0.6 is 0 Å². The van der Waals surface area contributed by atoms with Crippen LogP contribution in [0.2, 0.25) is 0 Å². The monoisotopic (exact) mass is 346 g/mol. The predicted octanol–water partition coefficient (Wildman–Crippen LogP) is 3.04. The van der Waals surface area contributed by atoms with Crippen LogP contribution in [-0.2, 0) is 14.8 Å². The number of amides is 1. The number of nitrogens with one attached hydrogen (secondary N) is 2. The Hall–Kier alpha value is -2.18. The number of rotatable bonds is 6. The van der Waals surface area contributed by atoms with Crippen molar-refractivity contribution in [3.63, 3.8) is 0 Å². The third kappa shape index (κ3) is 4.66. The summed E-state index contributed by atoms with van der Waals surface area (Å²) in [7, 11) is -3.71. The molecular formula is C18H22N2O3S. The molecule has 24 heavy (non-hydrogen) atoms. The fourth-order valence-electron chi connectivity index (χ4n) is 2.34. The van der Waals surface area contributed by atoms with Crippen LogP contribution in [0.3, 0.4) is 0 Å². The lowest BCUT2D eigenvalue weighted by Crippen LogP contribution is -2.33. The number of aryl methyl sites for hydroxylation is 1. The van der Waals surface area contributed by atoms with E-state index in [2.05, 4.69) is 10.0 Å². The Morgan fingerprint density at radius 1 is 1.08 bits per heavy atom. The van der Waals surface area contributed by atoms with Crippen LogP contribution in [0, 0.1) is 6.92 Å². The summed E-state index contributed by atoms with van der Waals surface area (Å²) in [4.78, 5) is 12.2. The molecule has 6 heteroatoms. The van der Waals surface area contributed by atoms with Gasteiger partial charge >= 0.3 is 0 Å². The third-order valence-electron chi connectivity index (χ3n) is 3.58. The molecule has 2 rings (SSSR count). The Balaban J connectivity index is 2.04. The molecule has 0 bridgehead atoms. The van der Waals surface area contributed by atoms with Crippen LogP contribution in [0.5, 0.6) is 0 Å². The van der Waals surface area contributed by atoms with E-state index in [4.69, 9.17) is 0 Å². The molecule has 0 spiro atoms. The fourth-order valence-corrected chi connectivity index (χ4v) is 3.42. The van der Waals surface area contributed by atoms with E-state index in [9.17, 15) is 13.2 Å². The highest BCUT2D eigenvalue weighted by atomic mass is 32.2. The molecule has 1 amide bonds. The van der Waals surface area contributed by atoms with Gasteiger partial charge in [0.05, 0.1) is 11.4 Å². The first kappa shape index (κ1) is 18.2. The van der Waals surface area contributed by atoms with Crippen LogP contribution in [0.1, 0.15) is 30.9 Å². The minimum Gasteiger partial charge on any atom is -0.325 e. The van der Waals surface area contributed by atoms with E-state index in [1.807, 2.05) is 51.1 Å².